The van der Waals surface area contributed by atoms with Crippen molar-refractivity contribution in [2.75, 3.05) is 17.2 Å². The maximum absolute atomic E-state index is 13.8. The van der Waals surface area contributed by atoms with Crippen LogP contribution in [0.2, 0.25) is 0 Å². The Morgan fingerprint density at radius 2 is 1.86 bits per heavy atom. The van der Waals surface area contributed by atoms with Crippen LogP contribution in [0.3, 0.4) is 0 Å². The van der Waals surface area contributed by atoms with Crippen LogP contribution in [0.1, 0.15) is 28.5 Å². The number of nitrogens with one attached hydrogen (secondary N) is 2. The number of carbonyl (C=O) groups excluding carboxylic acids is 1. The van der Waals surface area contributed by atoms with Crippen molar-refractivity contribution in [1.82, 2.24) is 9.97 Å². The third-order valence-electron chi connectivity index (χ3n) is 3.92. The molecule has 2 N–H and O–H groups in total. The number of rotatable bonds is 7. The maximum atomic E-state index is 13.8. The molecule has 0 aliphatic carbocycles. The van der Waals surface area contributed by atoms with Gasteiger partial charge in [0.05, 0.1) is 12.2 Å². The van der Waals surface area contributed by atoms with Gasteiger partial charge >= 0.3 is 5.97 Å². The lowest BCUT2D eigenvalue weighted by atomic mass is 10.2. The first-order chi connectivity index (χ1) is 13.5. The molecule has 0 saturated carbocycles. The molecule has 28 heavy (non-hydrogen) atoms. The molecule has 2 aromatic carbocycles. The highest BCUT2D eigenvalue weighted by atomic mass is 19.1. The molecule has 0 atom stereocenters. The molecular formula is C21H21FN4O2. The van der Waals surface area contributed by atoms with E-state index in [1.165, 1.54) is 6.07 Å². The third-order valence-corrected chi connectivity index (χ3v) is 3.92. The summed E-state index contributed by atoms with van der Waals surface area (Å²) in [4.78, 5) is 20.5. The molecule has 0 bridgehead atoms. The van der Waals surface area contributed by atoms with E-state index in [-0.39, 0.29) is 11.8 Å². The molecule has 0 unspecified atom stereocenters. The standard InChI is InChI=1S/C21H21FN4O2/c1-3-28-20(27)15-8-10-17(11-9-15)25-21-24-14(2)12-19(26-21)23-13-16-6-4-5-7-18(16)22/h4-12H,3,13H2,1-2H3,(H2,23,24,25,26). The van der Waals surface area contributed by atoms with E-state index >= 15 is 0 Å². The minimum atomic E-state index is -0.361. The average molecular weight is 380 g/mol. The summed E-state index contributed by atoms with van der Waals surface area (Å²) in [6.07, 6.45) is 0. The van der Waals surface area contributed by atoms with Gasteiger partial charge in [0.25, 0.3) is 0 Å². The number of halogens is 1. The van der Waals surface area contributed by atoms with Gasteiger partial charge in [0.2, 0.25) is 5.95 Å². The monoisotopic (exact) mass is 380 g/mol. The van der Waals surface area contributed by atoms with Gasteiger partial charge in [0, 0.05) is 29.6 Å². The highest BCUT2D eigenvalue weighted by Gasteiger charge is 2.08. The molecule has 7 heteroatoms. The van der Waals surface area contributed by atoms with E-state index in [2.05, 4.69) is 20.6 Å². The summed E-state index contributed by atoms with van der Waals surface area (Å²) in [5.41, 5.74) is 2.53. The number of aromatic nitrogens is 2. The molecule has 6 nitrogen and oxygen atoms in total. The van der Waals surface area contributed by atoms with Crippen LogP contribution in [0.4, 0.5) is 21.8 Å². The normalized spacial score (nSPS) is 10.4. The molecule has 3 rings (SSSR count). The molecule has 144 valence electrons. The van der Waals surface area contributed by atoms with Crippen LogP contribution in [0.5, 0.6) is 0 Å². The summed E-state index contributed by atoms with van der Waals surface area (Å²) in [5, 5.41) is 6.22. The SMILES string of the molecule is CCOC(=O)c1ccc(Nc2nc(C)cc(NCc3ccccc3F)n2)cc1. The lowest BCUT2D eigenvalue weighted by Gasteiger charge is -2.11. The minimum Gasteiger partial charge on any atom is -0.462 e. The fraction of sp³-hybridized carbons (Fsp3) is 0.190. The van der Waals surface area contributed by atoms with Gasteiger partial charge in [-0.2, -0.15) is 4.98 Å². The van der Waals surface area contributed by atoms with Crippen LogP contribution < -0.4 is 10.6 Å². The number of aryl methyl sites for hydroxylation is 1. The van der Waals surface area contributed by atoms with Crippen molar-refractivity contribution in [3.63, 3.8) is 0 Å². The Hall–Kier alpha value is -3.48. The number of ether oxygens (including phenoxy) is 1. The second-order valence-electron chi connectivity index (χ2n) is 6.09. The van der Waals surface area contributed by atoms with Crippen LogP contribution in [0, 0.1) is 12.7 Å². The summed E-state index contributed by atoms with van der Waals surface area (Å²) in [6, 6.07) is 15.2. The predicted molar refractivity (Wildman–Crippen MR) is 106 cm³/mol. The van der Waals surface area contributed by atoms with Crippen LogP contribution in [0.15, 0.2) is 54.6 Å². The van der Waals surface area contributed by atoms with Gasteiger partial charge in [0.1, 0.15) is 11.6 Å². The van der Waals surface area contributed by atoms with Gasteiger partial charge in [-0.1, -0.05) is 18.2 Å². The van der Waals surface area contributed by atoms with Gasteiger partial charge in [0.15, 0.2) is 0 Å². The number of anilines is 3. The summed E-state index contributed by atoms with van der Waals surface area (Å²) < 4.78 is 18.7. The minimum absolute atomic E-state index is 0.263. The van der Waals surface area contributed by atoms with E-state index in [4.69, 9.17) is 4.74 Å². The zero-order chi connectivity index (χ0) is 19.9. The van der Waals surface area contributed by atoms with Gasteiger partial charge in [-0.05, 0) is 44.2 Å². The summed E-state index contributed by atoms with van der Waals surface area (Å²) in [6.45, 7) is 4.27. The largest absolute Gasteiger partial charge is 0.462 e. The first kappa shape index (κ1) is 19.3. The van der Waals surface area contributed by atoms with E-state index in [0.717, 1.165) is 11.4 Å². The first-order valence-electron chi connectivity index (χ1n) is 8.92. The van der Waals surface area contributed by atoms with Gasteiger partial charge in [-0.3, -0.25) is 0 Å². The maximum Gasteiger partial charge on any atom is 0.338 e. The van der Waals surface area contributed by atoms with Crippen LogP contribution >= 0.6 is 0 Å². The topological polar surface area (TPSA) is 76.1 Å². The Kier molecular flexibility index (Phi) is 6.16. The number of carbonyl (C=O) groups is 1. The van der Waals surface area contributed by atoms with E-state index in [1.54, 1.807) is 55.5 Å². The molecule has 0 aliphatic heterocycles. The number of nitrogens with zero attached hydrogens (tertiary/aromatic N) is 2. The molecule has 0 aliphatic rings. The molecule has 0 amide bonds. The summed E-state index contributed by atoms with van der Waals surface area (Å²) >= 11 is 0. The first-order valence-corrected chi connectivity index (χ1v) is 8.92. The Balaban J connectivity index is 1.69. The van der Waals surface area contributed by atoms with Gasteiger partial charge < -0.3 is 15.4 Å². The highest BCUT2D eigenvalue weighted by molar-refractivity contribution is 5.89. The van der Waals surface area contributed by atoms with Crippen LogP contribution in [0.25, 0.3) is 0 Å². The van der Waals surface area contributed by atoms with Crippen molar-refractivity contribution in [2.45, 2.75) is 20.4 Å². The lowest BCUT2D eigenvalue weighted by molar-refractivity contribution is 0.0526. The Bertz CT molecular complexity index is 961. The zero-order valence-corrected chi connectivity index (χ0v) is 15.7. The highest BCUT2D eigenvalue weighted by Crippen LogP contribution is 2.18. The van der Waals surface area contributed by atoms with E-state index in [1.807, 2.05) is 6.92 Å². The summed E-state index contributed by atoms with van der Waals surface area (Å²) in [7, 11) is 0. The number of hydrogen-bond acceptors (Lipinski definition) is 6. The van der Waals surface area contributed by atoms with Crippen molar-refractivity contribution < 1.29 is 13.9 Å². The second kappa shape index (κ2) is 8.94. The van der Waals surface area contributed by atoms with Gasteiger partial charge in [-0.15, -0.1) is 0 Å². The van der Waals surface area contributed by atoms with E-state index < -0.39 is 0 Å². The molecule has 3 aromatic rings. The molecule has 0 spiro atoms. The fourth-order valence-corrected chi connectivity index (χ4v) is 2.58. The van der Waals surface area contributed by atoms with Crippen LogP contribution in [-0.4, -0.2) is 22.5 Å². The Morgan fingerprint density at radius 1 is 1.11 bits per heavy atom. The van der Waals surface area contributed by atoms with Gasteiger partial charge in [-0.25, -0.2) is 14.2 Å². The number of esters is 1. The van der Waals surface area contributed by atoms with E-state index in [9.17, 15) is 9.18 Å². The molecule has 0 fully saturated rings. The molecular weight excluding hydrogens is 359 g/mol. The Labute approximate surface area is 162 Å². The lowest BCUT2D eigenvalue weighted by Crippen LogP contribution is -2.07. The third kappa shape index (κ3) is 5.03. The van der Waals surface area contributed by atoms with Crippen LogP contribution in [-0.2, 0) is 11.3 Å². The Morgan fingerprint density at radius 3 is 2.57 bits per heavy atom. The van der Waals surface area contributed by atoms with Crippen molar-refractivity contribution >= 4 is 23.4 Å². The fourth-order valence-electron chi connectivity index (χ4n) is 2.58. The van der Waals surface area contributed by atoms with Crippen molar-refractivity contribution in [2.24, 2.45) is 0 Å². The molecule has 1 heterocycles. The quantitative estimate of drug-likeness (QED) is 0.590. The van der Waals surface area contributed by atoms with Crippen molar-refractivity contribution in [3.05, 3.63) is 77.2 Å². The molecule has 0 saturated heterocycles. The average Bonchev–Trinajstić information content (AvgIpc) is 2.68. The second-order valence-corrected chi connectivity index (χ2v) is 6.09. The summed E-state index contributed by atoms with van der Waals surface area (Å²) in [5.74, 6) is 0.364. The smallest absolute Gasteiger partial charge is 0.338 e. The van der Waals surface area contributed by atoms with Crippen molar-refractivity contribution in [1.29, 1.82) is 0 Å². The van der Waals surface area contributed by atoms with Crippen molar-refractivity contribution in [3.8, 4) is 0 Å². The molecule has 1 aromatic heterocycles. The molecule has 0 radical (unpaired) electrons. The number of benzene rings is 2. The zero-order valence-electron chi connectivity index (χ0n) is 15.7. The van der Waals surface area contributed by atoms with E-state index in [0.29, 0.717) is 36.0 Å². The predicted octanol–water partition coefficient (Wildman–Crippen LogP) is 4.46. The number of hydrogen-bond donors (Lipinski definition) is 2.